The summed E-state index contributed by atoms with van der Waals surface area (Å²) in [5.41, 5.74) is 0.152. The highest BCUT2D eigenvalue weighted by atomic mass is 19.1. The molecule has 6 heteroatoms. The van der Waals surface area contributed by atoms with E-state index in [1.807, 2.05) is 0 Å². The van der Waals surface area contributed by atoms with Crippen molar-refractivity contribution >= 4 is 11.7 Å². The number of hydrogen-bond donors (Lipinski definition) is 2. The first-order valence-corrected chi connectivity index (χ1v) is 4.06. The van der Waals surface area contributed by atoms with Crippen LogP contribution < -0.4 is 16.2 Å². The van der Waals surface area contributed by atoms with E-state index in [9.17, 15) is 9.18 Å². The third-order valence-corrected chi connectivity index (χ3v) is 1.77. The number of nitrogens with one attached hydrogen (secondary N) is 1. The van der Waals surface area contributed by atoms with Crippen LogP contribution in [-0.4, -0.2) is 13.1 Å². The standard InChI is InChI=1S/C9H9FN4O/c1-13-9(15)14(12)8-3-2-7(10)4-6(8)5-11/h2-4H,12H2,1H3,(H,13,15). The molecule has 1 rings (SSSR count). The van der Waals surface area contributed by atoms with Gasteiger partial charge in [0.2, 0.25) is 0 Å². The van der Waals surface area contributed by atoms with Crippen molar-refractivity contribution in [1.82, 2.24) is 5.32 Å². The van der Waals surface area contributed by atoms with Crippen LogP contribution in [-0.2, 0) is 0 Å². The van der Waals surface area contributed by atoms with Crippen LogP contribution in [0.4, 0.5) is 14.9 Å². The molecule has 1 aromatic rings. The average molecular weight is 208 g/mol. The maximum absolute atomic E-state index is 12.8. The van der Waals surface area contributed by atoms with Gasteiger partial charge in [0.15, 0.2) is 0 Å². The fraction of sp³-hybridized carbons (Fsp3) is 0.111. The van der Waals surface area contributed by atoms with Gasteiger partial charge in [-0.1, -0.05) is 0 Å². The number of hydrazine groups is 1. The maximum atomic E-state index is 12.8. The average Bonchev–Trinajstić information content (AvgIpc) is 2.26. The molecule has 0 aliphatic heterocycles. The van der Waals surface area contributed by atoms with E-state index in [2.05, 4.69) is 5.32 Å². The van der Waals surface area contributed by atoms with Crippen LogP contribution in [0.3, 0.4) is 0 Å². The number of halogens is 1. The largest absolute Gasteiger partial charge is 0.340 e. The Kier molecular flexibility index (Phi) is 3.21. The molecular formula is C9H9FN4O. The molecule has 0 saturated heterocycles. The molecule has 1 aromatic carbocycles. The summed E-state index contributed by atoms with van der Waals surface area (Å²) in [5, 5.41) is 11.8. The number of nitrogens with two attached hydrogens (primary N) is 1. The van der Waals surface area contributed by atoms with Crippen molar-refractivity contribution in [2.45, 2.75) is 0 Å². The SMILES string of the molecule is CNC(=O)N(N)c1ccc(F)cc1C#N. The molecule has 2 amide bonds. The van der Waals surface area contributed by atoms with E-state index < -0.39 is 11.8 Å². The highest BCUT2D eigenvalue weighted by Crippen LogP contribution is 2.18. The minimum atomic E-state index is -0.585. The molecule has 15 heavy (non-hydrogen) atoms. The van der Waals surface area contributed by atoms with Crippen LogP contribution in [0.1, 0.15) is 5.56 Å². The lowest BCUT2D eigenvalue weighted by atomic mass is 10.2. The summed E-state index contributed by atoms with van der Waals surface area (Å²) in [5.74, 6) is 4.87. The lowest BCUT2D eigenvalue weighted by Gasteiger charge is -2.16. The van der Waals surface area contributed by atoms with Crippen molar-refractivity contribution in [2.24, 2.45) is 5.84 Å². The van der Waals surface area contributed by atoms with E-state index in [0.29, 0.717) is 0 Å². The second-order valence-corrected chi connectivity index (χ2v) is 2.70. The number of carbonyl (C=O) groups is 1. The van der Waals surface area contributed by atoms with Crippen LogP contribution >= 0.6 is 0 Å². The van der Waals surface area contributed by atoms with Gasteiger partial charge in [-0.05, 0) is 18.2 Å². The van der Waals surface area contributed by atoms with E-state index in [-0.39, 0.29) is 11.3 Å². The molecule has 0 aromatic heterocycles. The van der Waals surface area contributed by atoms with Crippen LogP contribution in [0, 0.1) is 17.1 Å². The summed E-state index contributed by atoms with van der Waals surface area (Å²) in [6, 6.07) is 4.57. The van der Waals surface area contributed by atoms with Gasteiger partial charge < -0.3 is 5.32 Å². The summed E-state index contributed by atoms with van der Waals surface area (Å²) in [4.78, 5) is 11.2. The summed E-state index contributed by atoms with van der Waals surface area (Å²) in [6.07, 6.45) is 0. The number of anilines is 1. The minimum Gasteiger partial charge on any atom is -0.340 e. The van der Waals surface area contributed by atoms with Crippen molar-refractivity contribution in [3.8, 4) is 6.07 Å². The molecule has 0 aliphatic rings. The van der Waals surface area contributed by atoms with E-state index in [1.165, 1.54) is 13.1 Å². The number of nitriles is 1. The monoisotopic (exact) mass is 208 g/mol. The molecule has 3 N–H and O–H groups in total. The molecular weight excluding hydrogens is 199 g/mol. The minimum absolute atomic E-state index is 0.00102. The van der Waals surface area contributed by atoms with E-state index in [4.69, 9.17) is 11.1 Å². The summed E-state index contributed by atoms with van der Waals surface area (Å²) in [6.45, 7) is 0. The predicted molar refractivity (Wildman–Crippen MR) is 52.2 cm³/mol. The van der Waals surface area contributed by atoms with Gasteiger partial charge in [-0.15, -0.1) is 0 Å². The Hall–Kier alpha value is -2.13. The Morgan fingerprint density at radius 2 is 2.33 bits per heavy atom. The summed E-state index contributed by atoms with van der Waals surface area (Å²) < 4.78 is 12.8. The Morgan fingerprint density at radius 3 is 2.87 bits per heavy atom. The highest BCUT2D eigenvalue weighted by molar-refractivity contribution is 5.91. The smallest absolute Gasteiger partial charge is 0.336 e. The third-order valence-electron chi connectivity index (χ3n) is 1.77. The molecule has 0 radical (unpaired) electrons. The first-order valence-electron chi connectivity index (χ1n) is 4.06. The number of hydrogen-bond acceptors (Lipinski definition) is 3. The molecule has 0 spiro atoms. The van der Waals surface area contributed by atoms with Crippen LogP contribution in [0.2, 0.25) is 0 Å². The first-order chi connectivity index (χ1) is 7.10. The van der Waals surface area contributed by atoms with Gasteiger partial charge in [-0.3, -0.25) is 0 Å². The number of urea groups is 1. The molecule has 0 bridgehead atoms. The first kappa shape index (κ1) is 10.9. The van der Waals surface area contributed by atoms with Crippen molar-refractivity contribution in [3.05, 3.63) is 29.6 Å². The van der Waals surface area contributed by atoms with Crippen molar-refractivity contribution in [2.75, 3.05) is 12.1 Å². The lowest BCUT2D eigenvalue weighted by Crippen LogP contribution is -2.43. The van der Waals surface area contributed by atoms with Gasteiger partial charge >= 0.3 is 6.03 Å². The lowest BCUT2D eigenvalue weighted by molar-refractivity contribution is 0.248. The molecule has 0 aliphatic carbocycles. The van der Waals surface area contributed by atoms with Crippen molar-refractivity contribution < 1.29 is 9.18 Å². The van der Waals surface area contributed by atoms with Gasteiger partial charge in [0, 0.05) is 7.05 Å². The van der Waals surface area contributed by atoms with Gasteiger partial charge in [-0.25, -0.2) is 20.0 Å². The predicted octanol–water partition coefficient (Wildman–Crippen LogP) is 0.717. The van der Waals surface area contributed by atoms with Gasteiger partial charge in [0.1, 0.15) is 11.9 Å². The number of benzene rings is 1. The fourth-order valence-electron chi connectivity index (χ4n) is 1.04. The zero-order valence-corrected chi connectivity index (χ0v) is 7.99. The Balaban J connectivity index is 3.15. The number of carbonyl (C=O) groups excluding carboxylic acids is 1. The van der Waals surface area contributed by atoms with Crippen molar-refractivity contribution in [3.63, 3.8) is 0 Å². The second-order valence-electron chi connectivity index (χ2n) is 2.70. The zero-order chi connectivity index (χ0) is 11.4. The van der Waals surface area contributed by atoms with E-state index in [0.717, 1.165) is 17.1 Å². The maximum Gasteiger partial charge on any atom is 0.336 e. The molecule has 0 unspecified atom stereocenters. The van der Waals surface area contributed by atoms with Gasteiger partial charge in [0.05, 0.1) is 11.3 Å². The molecule has 0 saturated carbocycles. The van der Waals surface area contributed by atoms with Gasteiger partial charge in [0.25, 0.3) is 0 Å². The Morgan fingerprint density at radius 1 is 1.67 bits per heavy atom. The molecule has 5 nitrogen and oxygen atoms in total. The number of rotatable bonds is 1. The quantitative estimate of drug-likeness (QED) is 0.405. The number of amides is 2. The second kappa shape index (κ2) is 4.39. The van der Waals surface area contributed by atoms with E-state index >= 15 is 0 Å². The highest BCUT2D eigenvalue weighted by Gasteiger charge is 2.14. The van der Waals surface area contributed by atoms with Crippen molar-refractivity contribution in [1.29, 1.82) is 5.26 Å². The van der Waals surface area contributed by atoms with Crippen LogP contribution in [0.5, 0.6) is 0 Å². The van der Waals surface area contributed by atoms with Crippen LogP contribution in [0.25, 0.3) is 0 Å². The van der Waals surface area contributed by atoms with Gasteiger partial charge in [-0.2, -0.15) is 5.26 Å². The topological polar surface area (TPSA) is 82.2 Å². The molecule has 0 heterocycles. The Labute approximate surface area is 85.9 Å². The summed E-state index contributed by atoms with van der Waals surface area (Å²) >= 11 is 0. The fourth-order valence-corrected chi connectivity index (χ4v) is 1.04. The van der Waals surface area contributed by atoms with Crippen LogP contribution in [0.15, 0.2) is 18.2 Å². The molecule has 0 fully saturated rings. The summed E-state index contributed by atoms with van der Waals surface area (Å²) in [7, 11) is 1.40. The van der Waals surface area contributed by atoms with E-state index in [1.54, 1.807) is 6.07 Å². The third kappa shape index (κ3) is 2.21. The molecule has 0 atom stereocenters. The number of nitrogens with zero attached hydrogens (tertiary/aromatic N) is 2. The zero-order valence-electron chi connectivity index (χ0n) is 7.99. The Bertz CT molecular complexity index is 427. The molecule has 78 valence electrons. The normalized spacial score (nSPS) is 9.20.